The Bertz CT molecular complexity index is 1410. The number of hydrogen-bond acceptors (Lipinski definition) is 6. The molecule has 224 valence electrons. The molecule has 12 heteroatoms. The summed E-state index contributed by atoms with van der Waals surface area (Å²) in [7, 11) is 0. The largest absolute Gasteiger partial charge is 0.395 e. The number of benzene rings is 3. The third-order valence-electron chi connectivity index (χ3n) is 7.62. The SMILES string of the molecule is O=C(Nc1cccc([C@H]2O[C@@H](CN3CCC[C@H]3CO)C[C@@H](c3ccc(CO)cc3)O2)c1)c1c(F)c(F)c(F)c(F)c1F. The van der Waals surface area contributed by atoms with E-state index in [1.165, 1.54) is 18.2 Å². The molecule has 0 unspecified atom stereocenters. The van der Waals surface area contributed by atoms with Crippen LogP contribution in [0.4, 0.5) is 27.6 Å². The normalized spacial score (nSPS) is 22.8. The maximum Gasteiger partial charge on any atom is 0.261 e. The summed E-state index contributed by atoms with van der Waals surface area (Å²) in [5, 5.41) is 21.4. The fraction of sp³-hybridized carbons (Fsp3) is 0.367. The molecule has 2 fully saturated rings. The van der Waals surface area contributed by atoms with E-state index in [2.05, 4.69) is 10.2 Å². The zero-order valence-corrected chi connectivity index (χ0v) is 22.3. The first-order valence-corrected chi connectivity index (χ1v) is 13.5. The molecule has 42 heavy (non-hydrogen) atoms. The van der Waals surface area contributed by atoms with E-state index in [0.29, 0.717) is 18.5 Å². The van der Waals surface area contributed by atoms with Gasteiger partial charge < -0.3 is 25.0 Å². The molecular weight excluding hydrogens is 563 g/mol. The molecule has 0 radical (unpaired) electrons. The van der Waals surface area contributed by atoms with E-state index in [1.54, 1.807) is 18.2 Å². The molecule has 0 spiro atoms. The van der Waals surface area contributed by atoms with Gasteiger partial charge in [0, 0.05) is 30.3 Å². The number of carbonyl (C=O) groups is 1. The number of anilines is 1. The maximum absolute atomic E-state index is 14.2. The number of nitrogens with zero attached hydrogens (tertiary/aromatic N) is 1. The summed E-state index contributed by atoms with van der Waals surface area (Å²) in [4.78, 5) is 14.8. The van der Waals surface area contributed by atoms with E-state index in [9.17, 15) is 37.0 Å². The Hall–Kier alpha value is -3.42. The molecule has 7 nitrogen and oxygen atoms in total. The summed E-state index contributed by atoms with van der Waals surface area (Å²) in [5.41, 5.74) is 0.435. The molecule has 2 saturated heterocycles. The van der Waals surface area contributed by atoms with E-state index in [1.807, 2.05) is 12.1 Å². The number of hydrogen-bond donors (Lipinski definition) is 3. The van der Waals surface area contributed by atoms with Crippen LogP contribution in [0.1, 0.15) is 58.7 Å². The van der Waals surface area contributed by atoms with Gasteiger partial charge in [0.15, 0.2) is 29.6 Å². The summed E-state index contributed by atoms with van der Waals surface area (Å²) in [6.45, 7) is 1.27. The molecule has 0 bridgehead atoms. The number of amides is 1. The second kappa shape index (κ2) is 12.8. The summed E-state index contributed by atoms with van der Waals surface area (Å²) >= 11 is 0. The van der Waals surface area contributed by atoms with Crippen LogP contribution in [-0.4, -0.2) is 52.9 Å². The highest BCUT2D eigenvalue weighted by Gasteiger charge is 2.36. The zero-order valence-electron chi connectivity index (χ0n) is 22.3. The van der Waals surface area contributed by atoms with Gasteiger partial charge in [0.25, 0.3) is 5.91 Å². The Labute approximate surface area is 238 Å². The number of nitrogens with one attached hydrogen (secondary N) is 1. The minimum atomic E-state index is -2.36. The molecule has 3 aromatic rings. The molecule has 1 amide bonds. The van der Waals surface area contributed by atoms with Crippen LogP contribution < -0.4 is 5.32 Å². The highest BCUT2D eigenvalue weighted by atomic mass is 19.2. The lowest BCUT2D eigenvalue weighted by Crippen LogP contribution is -2.42. The van der Waals surface area contributed by atoms with Crippen molar-refractivity contribution in [3.63, 3.8) is 0 Å². The number of likely N-dealkylation sites (tertiary alicyclic amines) is 1. The van der Waals surface area contributed by atoms with E-state index >= 15 is 0 Å². The Balaban J connectivity index is 1.39. The van der Waals surface area contributed by atoms with Gasteiger partial charge in [0.05, 0.1) is 25.4 Å². The number of aliphatic hydroxyl groups is 2. The van der Waals surface area contributed by atoms with Gasteiger partial charge >= 0.3 is 0 Å². The van der Waals surface area contributed by atoms with Crippen molar-refractivity contribution in [3.8, 4) is 0 Å². The average Bonchev–Trinajstić information content (AvgIpc) is 3.46. The number of ether oxygens (including phenoxy) is 2. The molecule has 0 aromatic heterocycles. The number of aliphatic hydroxyl groups excluding tert-OH is 2. The number of carbonyl (C=O) groups excluding carboxylic acids is 1. The molecule has 0 saturated carbocycles. The van der Waals surface area contributed by atoms with Gasteiger partial charge in [-0.3, -0.25) is 9.69 Å². The summed E-state index contributed by atoms with van der Waals surface area (Å²) in [6, 6.07) is 13.3. The fourth-order valence-corrected chi connectivity index (χ4v) is 5.40. The summed E-state index contributed by atoms with van der Waals surface area (Å²) < 4.78 is 81.7. The lowest BCUT2D eigenvalue weighted by atomic mass is 9.99. The van der Waals surface area contributed by atoms with Crippen LogP contribution in [0.15, 0.2) is 48.5 Å². The standard InChI is InChI=1S/C30H29F5N2O5/c31-24-23(25(32)27(34)28(35)26(24)33)29(40)36-19-4-1-3-18(11-19)30-41-21(13-37-10-2-5-20(37)15-39)12-22(42-30)17-8-6-16(14-38)7-9-17/h1,3-4,6-9,11,20-22,30,38-39H,2,5,10,12-15H2,(H,36,40)/t20-,21+,22-,30-/m0/s1. The van der Waals surface area contributed by atoms with Crippen LogP contribution in [0, 0.1) is 29.1 Å². The third kappa shape index (κ3) is 6.18. The van der Waals surface area contributed by atoms with Crippen molar-refractivity contribution in [2.75, 3.05) is 25.0 Å². The van der Waals surface area contributed by atoms with Gasteiger partial charge in [0.1, 0.15) is 5.56 Å². The second-order valence-corrected chi connectivity index (χ2v) is 10.3. The van der Waals surface area contributed by atoms with Crippen LogP contribution in [-0.2, 0) is 16.1 Å². The second-order valence-electron chi connectivity index (χ2n) is 10.3. The lowest BCUT2D eigenvalue weighted by Gasteiger charge is -2.38. The van der Waals surface area contributed by atoms with E-state index < -0.39 is 53.0 Å². The topological polar surface area (TPSA) is 91.3 Å². The van der Waals surface area contributed by atoms with Crippen LogP contribution in [0.2, 0.25) is 0 Å². The molecule has 3 N–H and O–H groups in total. The van der Waals surface area contributed by atoms with Gasteiger partial charge in [-0.15, -0.1) is 0 Å². The van der Waals surface area contributed by atoms with E-state index in [-0.39, 0.29) is 31.0 Å². The first kappa shape index (κ1) is 30.1. The molecule has 2 aliphatic rings. The van der Waals surface area contributed by atoms with Crippen molar-refractivity contribution >= 4 is 11.6 Å². The number of rotatable bonds is 8. The van der Waals surface area contributed by atoms with Gasteiger partial charge in [0.2, 0.25) is 5.82 Å². The van der Waals surface area contributed by atoms with Gasteiger partial charge in [-0.25, -0.2) is 22.0 Å². The predicted molar refractivity (Wildman–Crippen MR) is 141 cm³/mol. The minimum absolute atomic E-state index is 0.0134. The number of halogens is 5. The van der Waals surface area contributed by atoms with Crippen LogP contribution in [0.3, 0.4) is 0 Å². The predicted octanol–water partition coefficient (Wildman–Crippen LogP) is 5.13. The van der Waals surface area contributed by atoms with Crippen LogP contribution in [0.5, 0.6) is 0 Å². The highest BCUT2D eigenvalue weighted by Crippen LogP contribution is 2.39. The van der Waals surface area contributed by atoms with Crippen molar-refractivity contribution < 1.29 is 46.4 Å². The Morgan fingerprint density at radius 3 is 2.26 bits per heavy atom. The Kier molecular flexibility index (Phi) is 9.19. The molecule has 3 aromatic carbocycles. The monoisotopic (exact) mass is 592 g/mol. The molecule has 2 aliphatic heterocycles. The molecule has 2 heterocycles. The zero-order chi connectivity index (χ0) is 30.0. The minimum Gasteiger partial charge on any atom is -0.395 e. The first-order valence-electron chi connectivity index (χ1n) is 13.5. The van der Waals surface area contributed by atoms with E-state index in [4.69, 9.17) is 9.47 Å². The Morgan fingerprint density at radius 2 is 1.60 bits per heavy atom. The highest BCUT2D eigenvalue weighted by molar-refractivity contribution is 6.04. The molecular formula is C30H29F5N2O5. The van der Waals surface area contributed by atoms with Crippen molar-refractivity contribution in [1.82, 2.24) is 4.90 Å². The molecule has 4 atom stereocenters. The smallest absolute Gasteiger partial charge is 0.261 e. The first-order chi connectivity index (χ1) is 20.2. The molecule has 0 aliphatic carbocycles. The van der Waals surface area contributed by atoms with Gasteiger partial charge in [-0.1, -0.05) is 36.4 Å². The lowest BCUT2D eigenvalue weighted by molar-refractivity contribution is -0.253. The average molecular weight is 593 g/mol. The fourth-order valence-electron chi connectivity index (χ4n) is 5.40. The Morgan fingerprint density at radius 1 is 0.905 bits per heavy atom. The van der Waals surface area contributed by atoms with Crippen molar-refractivity contribution in [2.45, 2.75) is 50.4 Å². The van der Waals surface area contributed by atoms with E-state index in [0.717, 1.165) is 30.5 Å². The van der Waals surface area contributed by atoms with Crippen molar-refractivity contribution in [1.29, 1.82) is 0 Å². The van der Waals surface area contributed by atoms with Gasteiger partial charge in [-0.2, -0.15) is 0 Å². The summed E-state index contributed by atoms with van der Waals surface area (Å²) in [5.74, 6) is -12.8. The van der Waals surface area contributed by atoms with Crippen molar-refractivity contribution in [2.24, 2.45) is 0 Å². The summed E-state index contributed by atoms with van der Waals surface area (Å²) in [6.07, 6.45) is 0.662. The third-order valence-corrected chi connectivity index (χ3v) is 7.62. The van der Waals surface area contributed by atoms with Gasteiger partial charge in [-0.05, 0) is 42.6 Å². The quantitative estimate of drug-likeness (QED) is 0.191. The van der Waals surface area contributed by atoms with Crippen LogP contribution in [0.25, 0.3) is 0 Å². The van der Waals surface area contributed by atoms with Crippen molar-refractivity contribution in [3.05, 3.63) is 99.9 Å². The van der Waals surface area contributed by atoms with Crippen LogP contribution >= 0.6 is 0 Å². The maximum atomic E-state index is 14.2. The molecule has 5 rings (SSSR count).